The topological polar surface area (TPSA) is 75.6 Å². The molecular formula is C20H21NO4. The van der Waals surface area contributed by atoms with Crippen LogP contribution in [-0.2, 0) is 20.7 Å². The van der Waals surface area contributed by atoms with Crippen LogP contribution in [-0.4, -0.2) is 35.7 Å². The molecule has 0 radical (unpaired) electrons. The second-order valence-corrected chi connectivity index (χ2v) is 6.17. The van der Waals surface area contributed by atoms with Crippen LogP contribution in [0.2, 0.25) is 0 Å². The predicted octanol–water partition coefficient (Wildman–Crippen LogP) is 2.64. The number of hydrogen-bond donors (Lipinski definition) is 2. The summed E-state index contributed by atoms with van der Waals surface area (Å²) in [5, 5.41) is 12.0. The molecule has 1 heterocycles. The standard InChI is InChI=1S/C20H21NO4/c22-19(18-7-4-12-25-18)21-17(20(23)24)13-14-8-10-16(11-9-14)15-5-2-1-3-6-15/h1-3,5-6,8-11,17-18H,4,7,12-13H2,(H,21,22)(H,23,24)/t17-,18+/m1/s1. The average molecular weight is 339 g/mol. The van der Waals surface area contributed by atoms with E-state index >= 15 is 0 Å². The number of nitrogens with one attached hydrogen (secondary N) is 1. The normalized spacial score (nSPS) is 17.8. The Morgan fingerprint density at radius 3 is 2.36 bits per heavy atom. The molecule has 2 N–H and O–H groups in total. The first kappa shape index (κ1) is 17.2. The molecule has 2 atom stereocenters. The number of aliphatic carboxylic acids is 1. The van der Waals surface area contributed by atoms with Gasteiger partial charge in [-0.3, -0.25) is 4.79 Å². The quantitative estimate of drug-likeness (QED) is 0.848. The number of benzene rings is 2. The van der Waals surface area contributed by atoms with Crippen molar-refractivity contribution in [1.29, 1.82) is 0 Å². The molecule has 1 fully saturated rings. The van der Waals surface area contributed by atoms with Crippen LogP contribution < -0.4 is 5.32 Å². The fraction of sp³-hybridized carbons (Fsp3) is 0.300. The summed E-state index contributed by atoms with van der Waals surface area (Å²) in [4.78, 5) is 23.6. The molecule has 130 valence electrons. The minimum absolute atomic E-state index is 0.239. The van der Waals surface area contributed by atoms with E-state index in [1.165, 1.54) is 0 Å². The molecule has 0 aromatic heterocycles. The van der Waals surface area contributed by atoms with Crippen molar-refractivity contribution in [3.05, 3.63) is 60.2 Å². The molecule has 1 amide bonds. The van der Waals surface area contributed by atoms with Crippen LogP contribution in [0.15, 0.2) is 54.6 Å². The second kappa shape index (κ2) is 7.94. The van der Waals surface area contributed by atoms with Crippen molar-refractivity contribution in [2.75, 3.05) is 6.61 Å². The molecule has 1 aliphatic rings. The van der Waals surface area contributed by atoms with E-state index in [2.05, 4.69) is 5.32 Å². The number of hydrogen-bond acceptors (Lipinski definition) is 3. The van der Waals surface area contributed by atoms with E-state index in [1.54, 1.807) is 0 Å². The molecule has 0 bridgehead atoms. The molecule has 0 spiro atoms. The lowest BCUT2D eigenvalue weighted by Crippen LogP contribution is -2.46. The van der Waals surface area contributed by atoms with Crippen molar-refractivity contribution in [2.45, 2.75) is 31.4 Å². The molecule has 0 unspecified atom stereocenters. The fourth-order valence-corrected chi connectivity index (χ4v) is 2.95. The van der Waals surface area contributed by atoms with Crippen molar-refractivity contribution in [3.63, 3.8) is 0 Å². The Hall–Kier alpha value is -2.66. The van der Waals surface area contributed by atoms with Gasteiger partial charge in [0.15, 0.2) is 0 Å². The van der Waals surface area contributed by atoms with E-state index < -0.39 is 18.1 Å². The summed E-state index contributed by atoms with van der Waals surface area (Å²) in [6.45, 7) is 0.552. The lowest BCUT2D eigenvalue weighted by molar-refractivity contribution is -0.143. The SMILES string of the molecule is O=C(N[C@H](Cc1ccc(-c2ccccc2)cc1)C(=O)O)[C@@H]1CCCO1. The van der Waals surface area contributed by atoms with Gasteiger partial charge in [-0.2, -0.15) is 0 Å². The van der Waals surface area contributed by atoms with Gasteiger partial charge in [-0.1, -0.05) is 54.6 Å². The highest BCUT2D eigenvalue weighted by molar-refractivity contribution is 5.86. The van der Waals surface area contributed by atoms with Crippen LogP contribution >= 0.6 is 0 Å². The zero-order chi connectivity index (χ0) is 17.6. The molecule has 0 aliphatic carbocycles. The van der Waals surface area contributed by atoms with Crippen molar-refractivity contribution in [1.82, 2.24) is 5.32 Å². The Kier molecular flexibility index (Phi) is 5.46. The number of amides is 1. The molecule has 3 rings (SSSR count). The van der Waals surface area contributed by atoms with Crippen LogP contribution in [0, 0.1) is 0 Å². The highest BCUT2D eigenvalue weighted by Crippen LogP contribution is 2.20. The molecule has 25 heavy (non-hydrogen) atoms. The maximum absolute atomic E-state index is 12.1. The summed E-state index contributed by atoms with van der Waals surface area (Å²) in [5.74, 6) is -1.38. The Labute approximate surface area is 146 Å². The summed E-state index contributed by atoms with van der Waals surface area (Å²) in [6.07, 6.45) is 1.19. The fourth-order valence-electron chi connectivity index (χ4n) is 2.95. The Bertz CT molecular complexity index is 721. The van der Waals surface area contributed by atoms with Crippen molar-refractivity contribution in [3.8, 4) is 11.1 Å². The van der Waals surface area contributed by atoms with Gasteiger partial charge < -0.3 is 15.2 Å². The molecule has 5 nitrogen and oxygen atoms in total. The van der Waals surface area contributed by atoms with Crippen LogP contribution in [0.4, 0.5) is 0 Å². The maximum Gasteiger partial charge on any atom is 0.326 e. The Balaban J connectivity index is 1.65. The molecular weight excluding hydrogens is 318 g/mol. The number of rotatable bonds is 6. The molecule has 5 heteroatoms. The van der Waals surface area contributed by atoms with Gasteiger partial charge in [0.1, 0.15) is 12.1 Å². The number of ether oxygens (including phenoxy) is 1. The Morgan fingerprint density at radius 1 is 1.08 bits per heavy atom. The van der Waals surface area contributed by atoms with Crippen LogP contribution in [0.1, 0.15) is 18.4 Å². The highest BCUT2D eigenvalue weighted by Gasteiger charge is 2.28. The number of carbonyl (C=O) groups is 2. The van der Waals surface area contributed by atoms with Crippen LogP contribution in [0.5, 0.6) is 0 Å². The third-order valence-electron chi connectivity index (χ3n) is 4.34. The average Bonchev–Trinajstić information content (AvgIpc) is 3.17. The minimum Gasteiger partial charge on any atom is -0.480 e. The molecule has 1 saturated heterocycles. The molecule has 0 saturated carbocycles. The largest absolute Gasteiger partial charge is 0.480 e. The van der Waals surface area contributed by atoms with Gasteiger partial charge in [0, 0.05) is 13.0 Å². The first-order chi connectivity index (χ1) is 12.1. The van der Waals surface area contributed by atoms with Gasteiger partial charge >= 0.3 is 5.97 Å². The second-order valence-electron chi connectivity index (χ2n) is 6.17. The number of carbonyl (C=O) groups excluding carboxylic acids is 1. The van der Waals surface area contributed by atoms with E-state index in [1.807, 2.05) is 54.6 Å². The van der Waals surface area contributed by atoms with Crippen molar-refractivity contribution >= 4 is 11.9 Å². The maximum atomic E-state index is 12.1. The van der Waals surface area contributed by atoms with E-state index in [4.69, 9.17) is 4.74 Å². The molecule has 2 aromatic carbocycles. The van der Waals surface area contributed by atoms with Crippen molar-refractivity contribution < 1.29 is 19.4 Å². The molecule has 2 aromatic rings. The number of carboxylic acid groups (broad SMARTS) is 1. The van der Waals surface area contributed by atoms with Crippen molar-refractivity contribution in [2.24, 2.45) is 0 Å². The Morgan fingerprint density at radius 2 is 1.76 bits per heavy atom. The van der Waals surface area contributed by atoms with E-state index in [-0.39, 0.29) is 12.3 Å². The molecule has 1 aliphatic heterocycles. The third kappa shape index (κ3) is 4.45. The van der Waals surface area contributed by atoms with E-state index in [0.717, 1.165) is 23.1 Å². The first-order valence-electron chi connectivity index (χ1n) is 8.42. The predicted molar refractivity (Wildman–Crippen MR) is 94.1 cm³/mol. The number of carboxylic acids is 1. The van der Waals surface area contributed by atoms with Gasteiger partial charge in [-0.05, 0) is 29.5 Å². The van der Waals surface area contributed by atoms with E-state index in [0.29, 0.717) is 13.0 Å². The minimum atomic E-state index is -1.04. The van der Waals surface area contributed by atoms with Crippen LogP contribution in [0.3, 0.4) is 0 Å². The third-order valence-corrected chi connectivity index (χ3v) is 4.34. The highest BCUT2D eigenvalue weighted by atomic mass is 16.5. The smallest absolute Gasteiger partial charge is 0.326 e. The van der Waals surface area contributed by atoms with Crippen LogP contribution in [0.25, 0.3) is 11.1 Å². The lowest BCUT2D eigenvalue weighted by atomic mass is 10.0. The summed E-state index contributed by atoms with van der Waals surface area (Å²) in [7, 11) is 0. The van der Waals surface area contributed by atoms with Gasteiger partial charge in [0.25, 0.3) is 0 Å². The van der Waals surface area contributed by atoms with E-state index in [9.17, 15) is 14.7 Å². The lowest BCUT2D eigenvalue weighted by Gasteiger charge is -2.17. The zero-order valence-electron chi connectivity index (χ0n) is 13.9. The van der Waals surface area contributed by atoms with Gasteiger partial charge in [-0.25, -0.2) is 4.79 Å². The summed E-state index contributed by atoms with van der Waals surface area (Å²) in [6, 6.07) is 16.7. The monoisotopic (exact) mass is 339 g/mol. The zero-order valence-corrected chi connectivity index (χ0v) is 13.9. The van der Waals surface area contributed by atoms with Gasteiger partial charge in [0.2, 0.25) is 5.91 Å². The summed E-state index contributed by atoms with van der Waals surface area (Å²) >= 11 is 0. The summed E-state index contributed by atoms with van der Waals surface area (Å²) < 4.78 is 5.31. The summed E-state index contributed by atoms with van der Waals surface area (Å²) in [5.41, 5.74) is 3.04. The first-order valence-corrected chi connectivity index (χ1v) is 8.42. The van der Waals surface area contributed by atoms with Gasteiger partial charge in [-0.15, -0.1) is 0 Å². The van der Waals surface area contributed by atoms with Gasteiger partial charge in [0.05, 0.1) is 0 Å².